The fraction of sp³-hybridized carbons (Fsp3) is 0.643. The van der Waals surface area contributed by atoms with Gasteiger partial charge in [-0.25, -0.2) is 0 Å². The molecule has 4 heteroatoms. The lowest BCUT2D eigenvalue weighted by atomic mass is 9.83. The largest absolute Gasteiger partial charge is 0.386 e. The summed E-state index contributed by atoms with van der Waals surface area (Å²) in [6.07, 6.45) is 4.33. The lowest BCUT2D eigenvalue weighted by molar-refractivity contribution is -0.111. The Morgan fingerprint density at radius 2 is 2.11 bits per heavy atom. The minimum Gasteiger partial charge on any atom is -0.386 e. The Hall–Kier alpha value is -1.29. The van der Waals surface area contributed by atoms with Crippen LogP contribution in [0.2, 0.25) is 0 Å². The Morgan fingerprint density at radius 1 is 1.44 bits per heavy atom. The van der Waals surface area contributed by atoms with E-state index in [4.69, 9.17) is 0 Å². The van der Waals surface area contributed by atoms with Crippen LogP contribution in [-0.4, -0.2) is 39.2 Å². The molecule has 2 fully saturated rings. The van der Waals surface area contributed by atoms with Gasteiger partial charge in [0.05, 0.1) is 13.1 Å². The first kappa shape index (κ1) is 11.8. The van der Waals surface area contributed by atoms with E-state index in [0.29, 0.717) is 19.1 Å². The molecule has 1 saturated carbocycles. The number of carbonyl (C=O) groups excluding carboxylic acids is 1. The summed E-state index contributed by atoms with van der Waals surface area (Å²) < 4.78 is 2.08. The van der Waals surface area contributed by atoms with Gasteiger partial charge in [-0.3, -0.25) is 4.79 Å². The molecule has 3 rings (SSSR count). The molecule has 98 valence electrons. The first-order valence-electron chi connectivity index (χ1n) is 6.70. The van der Waals surface area contributed by atoms with Crippen LogP contribution >= 0.6 is 0 Å². The molecule has 0 bridgehead atoms. The van der Waals surface area contributed by atoms with Crippen molar-refractivity contribution in [3.8, 4) is 0 Å². The number of likely N-dealkylation sites (tertiary alicyclic amines) is 1. The van der Waals surface area contributed by atoms with Gasteiger partial charge in [0.25, 0.3) is 5.91 Å². The van der Waals surface area contributed by atoms with Crippen molar-refractivity contribution < 1.29 is 9.90 Å². The molecule has 1 saturated heterocycles. The van der Waals surface area contributed by atoms with Crippen LogP contribution in [-0.2, 0) is 0 Å². The van der Waals surface area contributed by atoms with Gasteiger partial charge in [-0.05, 0) is 30.9 Å². The quantitative estimate of drug-likeness (QED) is 0.884. The summed E-state index contributed by atoms with van der Waals surface area (Å²) in [6.45, 7) is 4.90. The van der Waals surface area contributed by atoms with Gasteiger partial charge in [-0.2, -0.15) is 0 Å². The number of amides is 1. The summed E-state index contributed by atoms with van der Waals surface area (Å²) in [5.41, 5.74) is 0.0791. The van der Waals surface area contributed by atoms with Crippen molar-refractivity contribution in [1.82, 2.24) is 9.47 Å². The maximum Gasteiger partial charge on any atom is 0.270 e. The van der Waals surface area contributed by atoms with Crippen LogP contribution in [0.15, 0.2) is 18.3 Å². The van der Waals surface area contributed by atoms with Crippen molar-refractivity contribution in [2.24, 2.45) is 5.92 Å². The van der Waals surface area contributed by atoms with Gasteiger partial charge in [-0.1, -0.05) is 13.8 Å². The van der Waals surface area contributed by atoms with E-state index in [0.717, 1.165) is 5.69 Å². The zero-order valence-electron chi connectivity index (χ0n) is 11.0. The van der Waals surface area contributed by atoms with Crippen LogP contribution in [0.1, 0.15) is 43.2 Å². The average Bonchev–Trinajstić information content (AvgIpc) is 3.01. The second-order valence-electron chi connectivity index (χ2n) is 5.95. The van der Waals surface area contributed by atoms with Gasteiger partial charge in [0, 0.05) is 12.2 Å². The minimum atomic E-state index is -0.688. The van der Waals surface area contributed by atoms with Crippen molar-refractivity contribution >= 4 is 5.91 Å². The number of nitrogens with zero attached hydrogens (tertiary/aromatic N) is 2. The fourth-order valence-corrected chi connectivity index (χ4v) is 2.53. The summed E-state index contributed by atoms with van der Waals surface area (Å²) >= 11 is 0. The van der Waals surface area contributed by atoms with Crippen LogP contribution in [0.4, 0.5) is 0 Å². The van der Waals surface area contributed by atoms with Gasteiger partial charge in [0.1, 0.15) is 11.3 Å². The van der Waals surface area contributed by atoms with E-state index in [2.05, 4.69) is 4.57 Å². The van der Waals surface area contributed by atoms with Crippen molar-refractivity contribution in [1.29, 1.82) is 0 Å². The maximum absolute atomic E-state index is 12.3. The van der Waals surface area contributed by atoms with E-state index < -0.39 is 5.60 Å². The number of aromatic nitrogens is 1. The zero-order valence-corrected chi connectivity index (χ0v) is 11.0. The van der Waals surface area contributed by atoms with Gasteiger partial charge in [0.2, 0.25) is 0 Å². The minimum absolute atomic E-state index is 0.0530. The molecule has 0 spiro atoms. The molecule has 0 atom stereocenters. The number of rotatable bonds is 3. The predicted molar refractivity (Wildman–Crippen MR) is 68.4 cm³/mol. The topological polar surface area (TPSA) is 45.5 Å². The third-order valence-corrected chi connectivity index (χ3v) is 4.23. The van der Waals surface area contributed by atoms with Gasteiger partial charge in [0.15, 0.2) is 0 Å². The molecule has 1 amide bonds. The van der Waals surface area contributed by atoms with E-state index in [1.165, 1.54) is 12.8 Å². The number of β-amino-alcohol motifs (C(OH)–C–C–N with tert-alkyl or cyclic N) is 1. The lowest BCUT2D eigenvalue weighted by Gasteiger charge is -2.49. The molecule has 1 aliphatic heterocycles. The number of hydrogen-bond donors (Lipinski definition) is 1. The van der Waals surface area contributed by atoms with E-state index in [1.807, 2.05) is 32.2 Å². The number of hydrogen-bond acceptors (Lipinski definition) is 2. The van der Waals surface area contributed by atoms with Crippen LogP contribution in [0.25, 0.3) is 0 Å². The van der Waals surface area contributed by atoms with Crippen LogP contribution < -0.4 is 0 Å². The fourth-order valence-electron chi connectivity index (χ4n) is 2.53. The van der Waals surface area contributed by atoms with E-state index in [1.54, 1.807) is 4.90 Å². The molecule has 1 N–H and O–H groups in total. The van der Waals surface area contributed by atoms with Crippen molar-refractivity contribution in [3.63, 3.8) is 0 Å². The highest BCUT2D eigenvalue weighted by molar-refractivity contribution is 5.93. The first-order chi connectivity index (χ1) is 8.51. The molecule has 0 aromatic carbocycles. The van der Waals surface area contributed by atoms with Crippen molar-refractivity contribution in [2.45, 2.75) is 38.3 Å². The Kier molecular flexibility index (Phi) is 2.52. The third kappa shape index (κ3) is 1.75. The van der Waals surface area contributed by atoms with Crippen LogP contribution in [0, 0.1) is 5.92 Å². The van der Waals surface area contributed by atoms with Gasteiger partial charge < -0.3 is 14.6 Å². The Bertz CT molecular complexity index is 468. The monoisotopic (exact) mass is 248 g/mol. The van der Waals surface area contributed by atoms with Crippen LogP contribution in [0.5, 0.6) is 0 Å². The zero-order chi connectivity index (χ0) is 12.9. The molecule has 2 aliphatic rings. The molecule has 0 unspecified atom stereocenters. The standard InChI is InChI=1S/C14H20N2O2/c1-10(2)14(18)8-15(9-14)13(17)12-4-3-7-16(12)11-5-6-11/h3-4,7,10-11,18H,5-6,8-9H2,1-2H3. The molecule has 2 heterocycles. The average molecular weight is 248 g/mol. The molecular formula is C14H20N2O2. The van der Waals surface area contributed by atoms with Crippen LogP contribution in [0.3, 0.4) is 0 Å². The normalized spacial score (nSPS) is 22.1. The maximum atomic E-state index is 12.3. The second kappa shape index (κ2) is 3.85. The molecule has 0 radical (unpaired) electrons. The molecule has 1 aromatic rings. The first-order valence-corrected chi connectivity index (χ1v) is 6.70. The van der Waals surface area contributed by atoms with Crippen molar-refractivity contribution in [3.05, 3.63) is 24.0 Å². The summed E-state index contributed by atoms with van der Waals surface area (Å²) in [5.74, 6) is 0.244. The predicted octanol–water partition coefficient (Wildman–Crippen LogP) is 1.67. The summed E-state index contributed by atoms with van der Waals surface area (Å²) in [5, 5.41) is 10.2. The summed E-state index contributed by atoms with van der Waals surface area (Å²) in [4.78, 5) is 14.1. The van der Waals surface area contributed by atoms with Gasteiger partial charge >= 0.3 is 0 Å². The Balaban J connectivity index is 1.71. The summed E-state index contributed by atoms with van der Waals surface area (Å²) in [6, 6.07) is 4.33. The van der Waals surface area contributed by atoms with E-state index >= 15 is 0 Å². The number of aliphatic hydroxyl groups is 1. The smallest absolute Gasteiger partial charge is 0.270 e. The van der Waals surface area contributed by atoms with E-state index in [-0.39, 0.29) is 11.8 Å². The lowest BCUT2D eigenvalue weighted by Crippen LogP contribution is -2.66. The Labute approximate surface area is 107 Å². The molecule has 18 heavy (non-hydrogen) atoms. The van der Waals surface area contributed by atoms with Crippen molar-refractivity contribution in [2.75, 3.05) is 13.1 Å². The second-order valence-corrected chi connectivity index (χ2v) is 5.95. The highest BCUT2D eigenvalue weighted by Crippen LogP contribution is 2.37. The highest BCUT2D eigenvalue weighted by Gasteiger charge is 2.46. The van der Waals surface area contributed by atoms with E-state index in [9.17, 15) is 9.90 Å². The highest BCUT2D eigenvalue weighted by atomic mass is 16.3. The molecule has 4 nitrogen and oxygen atoms in total. The SMILES string of the molecule is CC(C)C1(O)CN(C(=O)c2cccn2C2CC2)C1. The molecule has 1 aromatic heterocycles. The molecule has 1 aliphatic carbocycles. The molecular weight excluding hydrogens is 228 g/mol. The summed E-state index contributed by atoms with van der Waals surface area (Å²) in [7, 11) is 0. The number of carbonyl (C=O) groups is 1. The third-order valence-electron chi connectivity index (χ3n) is 4.23. The Morgan fingerprint density at radius 3 is 2.67 bits per heavy atom. The van der Waals surface area contributed by atoms with Gasteiger partial charge in [-0.15, -0.1) is 0 Å².